The lowest BCUT2D eigenvalue weighted by Gasteiger charge is -2.40. The van der Waals surface area contributed by atoms with E-state index in [4.69, 9.17) is 23.7 Å². The minimum atomic E-state index is -1.94. The number of esters is 3. The number of aliphatic hydroxyl groups excluding tert-OH is 2. The largest absolute Gasteiger partial charge is 0.479 e. The first-order valence-electron chi connectivity index (χ1n) is 27.2. The summed E-state index contributed by atoms with van der Waals surface area (Å²) in [5, 5.41) is 31.4. The highest BCUT2D eigenvalue weighted by Crippen LogP contribution is 2.26. The molecule has 1 rings (SSSR count). The van der Waals surface area contributed by atoms with E-state index in [1.165, 1.54) is 0 Å². The topological polar surface area (TPSA) is 175 Å². The molecule has 73 heavy (non-hydrogen) atoms. The van der Waals surface area contributed by atoms with Crippen LogP contribution in [0.3, 0.4) is 0 Å². The number of aliphatic hydroxyl groups is 2. The van der Waals surface area contributed by atoms with Gasteiger partial charge in [-0.2, -0.15) is 0 Å². The molecule has 0 aromatic carbocycles. The first-order chi connectivity index (χ1) is 35.6. The van der Waals surface area contributed by atoms with Gasteiger partial charge in [-0.1, -0.05) is 180 Å². The summed E-state index contributed by atoms with van der Waals surface area (Å²) in [7, 11) is 0. The van der Waals surface area contributed by atoms with Crippen LogP contribution in [0.4, 0.5) is 0 Å². The lowest BCUT2D eigenvalue weighted by Crippen LogP contribution is -2.61. The predicted molar refractivity (Wildman–Crippen MR) is 293 cm³/mol. The molecule has 0 saturated carbocycles. The van der Waals surface area contributed by atoms with Crippen LogP contribution in [-0.2, 0) is 42.9 Å². The molecule has 408 valence electrons. The minimum Gasteiger partial charge on any atom is -0.479 e. The van der Waals surface area contributed by atoms with Crippen molar-refractivity contribution in [2.45, 2.75) is 212 Å². The molecule has 0 aromatic rings. The van der Waals surface area contributed by atoms with E-state index in [-0.39, 0.29) is 25.9 Å². The molecule has 6 atom stereocenters. The third kappa shape index (κ3) is 38.2. The van der Waals surface area contributed by atoms with Crippen LogP contribution < -0.4 is 0 Å². The monoisotopic (exact) mass is 1020 g/mol. The zero-order chi connectivity index (χ0) is 53.3. The SMILES string of the molecule is CC/C=C\C/C=C\C/C=C\C/C=C\C/C=C\CCCC(=O)OC1C(OCC(COC(=O)CC/C=C\C/C=C\C/C=C\C/C=C\CC)OC(=O)CCCCCCC/C=C\C/C=C\CCC)OC(C(=O)O)C(O)C1O. The Balaban J connectivity index is 2.81. The van der Waals surface area contributed by atoms with Gasteiger partial charge in [-0.15, -0.1) is 0 Å². The number of carboxylic acids is 1. The van der Waals surface area contributed by atoms with Crippen LogP contribution in [0.5, 0.6) is 0 Å². The van der Waals surface area contributed by atoms with Crippen LogP contribution >= 0.6 is 0 Å². The van der Waals surface area contributed by atoms with Gasteiger partial charge in [0, 0.05) is 19.3 Å². The van der Waals surface area contributed by atoms with Crippen LogP contribution in [0.1, 0.15) is 175 Å². The summed E-state index contributed by atoms with van der Waals surface area (Å²) in [6.45, 7) is 5.55. The van der Waals surface area contributed by atoms with Crippen molar-refractivity contribution in [3.05, 3.63) is 134 Å². The lowest BCUT2D eigenvalue weighted by atomic mass is 9.98. The van der Waals surface area contributed by atoms with Gasteiger partial charge in [-0.25, -0.2) is 4.79 Å². The van der Waals surface area contributed by atoms with E-state index in [9.17, 15) is 34.5 Å². The van der Waals surface area contributed by atoms with Crippen molar-refractivity contribution in [3.63, 3.8) is 0 Å². The highest BCUT2D eigenvalue weighted by atomic mass is 16.7. The zero-order valence-corrected chi connectivity index (χ0v) is 44.6. The molecule has 1 aliphatic rings. The maximum Gasteiger partial charge on any atom is 0.335 e. The van der Waals surface area contributed by atoms with E-state index >= 15 is 0 Å². The van der Waals surface area contributed by atoms with Gasteiger partial charge >= 0.3 is 23.9 Å². The number of rotatable bonds is 43. The third-order valence-corrected chi connectivity index (χ3v) is 11.2. The molecule has 1 fully saturated rings. The molecule has 1 saturated heterocycles. The molecule has 0 amide bonds. The summed E-state index contributed by atoms with van der Waals surface area (Å²) in [6.07, 6.45) is 54.5. The van der Waals surface area contributed by atoms with Crippen molar-refractivity contribution in [3.8, 4) is 0 Å². The second-order valence-corrected chi connectivity index (χ2v) is 17.7. The molecule has 1 heterocycles. The molecule has 6 unspecified atom stereocenters. The van der Waals surface area contributed by atoms with Gasteiger partial charge in [-0.05, 0) is 109 Å². The summed E-state index contributed by atoms with van der Waals surface area (Å²) in [5.74, 6) is -3.35. The number of unbranched alkanes of at least 4 members (excludes halogenated alkanes) is 7. The maximum absolute atomic E-state index is 13.1. The number of carbonyl (C=O) groups is 4. The Bertz CT molecular complexity index is 1780. The Morgan fingerprint density at radius 3 is 1.41 bits per heavy atom. The molecule has 0 aromatic heterocycles. The quantitative estimate of drug-likeness (QED) is 0.0228. The molecule has 12 heteroatoms. The van der Waals surface area contributed by atoms with Crippen molar-refractivity contribution >= 4 is 23.9 Å². The van der Waals surface area contributed by atoms with E-state index in [1.807, 2.05) is 24.3 Å². The third-order valence-electron chi connectivity index (χ3n) is 11.2. The number of carboxylic acid groups (broad SMARTS) is 1. The first-order valence-corrected chi connectivity index (χ1v) is 27.2. The molecule has 0 spiro atoms. The standard InChI is InChI=1S/C61H92O12/c1-4-7-10-13-16-19-22-25-26-27-28-31-34-37-40-43-46-49-55(64)72-59-57(66)56(65)58(60(67)68)73-61(59)70-51-52(71-54(63)48-45-42-39-36-33-30-24-21-18-15-12-9-6-3)50-69-53(62)47-44-41-38-35-32-29-23-20-17-14-11-8-5-2/h7-8,10-12,15-17,19-21,24-26,28-29,31-32,37-38,40-41,52,56-59,61,65-66H,4-6,9,13-14,18,22-23,27,30,33-36,39,42-51H2,1-3H3,(H,67,68)/b10-7-,11-8-,15-12-,19-16-,20-17-,24-21-,26-25-,31-28-,32-29-,40-37-,41-38-. The lowest BCUT2D eigenvalue weighted by molar-refractivity contribution is -0.301. The maximum atomic E-state index is 13.1. The summed E-state index contributed by atoms with van der Waals surface area (Å²) < 4.78 is 28.2. The van der Waals surface area contributed by atoms with Crippen LogP contribution in [0.25, 0.3) is 0 Å². The second-order valence-electron chi connectivity index (χ2n) is 17.7. The normalized spacial score (nSPS) is 19.4. The van der Waals surface area contributed by atoms with E-state index in [2.05, 4.69) is 130 Å². The molecule has 0 aliphatic carbocycles. The van der Waals surface area contributed by atoms with E-state index < -0.39 is 67.3 Å². The second kappa shape index (κ2) is 47.8. The Hall–Kier alpha value is -5.14. The van der Waals surface area contributed by atoms with Crippen molar-refractivity contribution in [2.24, 2.45) is 0 Å². The average Bonchev–Trinajstić information content (AvgIpc) is 3.37. The van der Waals surface area contributed by atoms with Crippen molar-refractivity contribution in [2.75, 3.05) is 13.2 Å². The molecule has 12 nitrogen and oxygen atoms in total. The average molecular weight is 1020 g/mol. The smallest absolute Gasteiger partial charge is 0.335 e. The fourth-order valence-electron chi connectivity index (χ4n) is 7.10. The van der Waals surface area contributed by atoms with Gasteiger partial charge in [-0.3, -0.25) is 14.4 Å². The Kier molecular flexibility index (Phi) is 43.2. The number of aliphatic carboxylic acids is 1. The molecular weight excluding hydrogens is 925 g/mol. The molecule has 3 N–H and O–H groups in total. The van der Waals surface area contributed by atoms with Gasteiger partial charge in [0.25, 0.3) is 0 Å². The van der Waals surface area contributed by atoms with Gasteiger partial charge in [0.1, 0.15) is 18.8 Å². The number of carbonyl (C=O) groups excluding carboxylic acids is 3. The van der Waals surface area contributed by atoms with Crippen molar-refractivity contribution in [1.82, 2.24) is 0 Å². The van der Waals surface area contributed by atoms with Crippen LogP contribution in [0.15, 0.2) is 134 Å². The number of ether oxygens (including phenoxy) is 5. The van der Waals surface area contributed by atoms with Crippen LogP contribution in [-0.4, -0.2) is 89.2 Å². The molecule has 1 aliphatic heterocycles. The zero-order valence-electron chi connectivity index (χ0n) is 44.6. The van der Waals surface area contributed by atoms with E-state index in [1.54, 1.807) is 0 Å². The molecule has 0 bridgehead atoms. The van der Waals surface area contributed by atoms with Crippen LogP contribution in [0.2, 0.25) is 0 Å². The fourth-order valence-corrected chi connectivity index (χ4v) is 7.10. The van der Waals surface area contributed by atoms with Gasteiger partial charge in [0.15, 0.2) is 24.6 Å². The number of allylic oxidation sites excluding steroid dienone is 22. The Morgan fingerprint density at radius 1 is 0.466 bits per heavy atom. The highest BCUT2D eigenvalue weighted by Gasteiger charge is 2.50. The summed E-state index contributed by atoms with van der Waals surface area (Å²) in [5.41, 5.74) is 0. The summed E-state index contributed by atoms with van der Waals surface area (Å²) in [6, 6.07) is 0. The van der Waals surface area contributed by atoms with Gasteiger partial charge in [0.05, 0.1) is 6.61 Å². The van der Waals surface area contributed by atoms with Crippen LogP contribution in [0, 0.1) is 0 Å². The first kappa shape index (κ1) is 65.9. The highest BCUT2D eigenvalue weighted by molar-refractivity contribution is 5.74. The van der Waals surface area contributed by atoms with Gasteiger partial charge in [0.2, 0.25) is 0 Å². The summed E-state index contributed by atoms with van der Waals surface area (Å²) in [4.78, 5) is 50.9. The Morgan fingerprint density at radius 2 is 0.904 bits per heavy atom. The number of hydrogen-bond donors (Lipinski definition) is 3. The fraction of sp³-hybridized carbons (Fsp3) is 0.574. The van der Waals surface area contributed by atoms with E-state index in [0.29, 0.717) is 25.7 Å². The van der Waals surface area contributed by atoms with E-state index in [0.717, 1.165) is 109 Å². The van der Waals surface area contributed by atoms with Crippen molar-refractivity contribution < 1.29 is 58.2 Å². The van der Waals surface area contributed by atoms with Crippen molar-refractivity contribution in [1.29, 1.82) is 0 Å². The minimum absolute atomic E-state index is 0.0339. The predicted octanol–water partition coefficient (Wildman–Crippen LogP) is 13.4. The Labute approximate surface area is 439 Å². The van der Waals surface area contributed by atoms with Gasteiger partial charge < -0.3 is 39.0 Å². The molecule has 0 radical (unpaired) electrons. The molecular formula is C61H92O12. The number of hydrogen-bond acceptors (Lipinski definition) is 11. The summed E-state index contributed by atoms with van der Waals surface area (Å²) >= 11 is 0.